The predicted octanol–water partition coefficient (Wildman–Crippen LogP) is 0.685. The van der Waals surface area contributed by atoms with Crippen LogP contribution in [0.3, 0.4) is 0 Å². The van der Waals surface area contributed by atoms with E-state index in [0.29, 0.717) is 6.04 Å². The van der Waals surface area contributed by atoms with Crippen molar-refractivity contribution in [1.82, 2.24) is 20.4 Å². The van der Waals surface area contributed by atoms with Crippen molar-refractivity contribution in [3.63, 3.8) is 0 Å². The molecule has 0 radical (unpaired) electrons. The largest absolute Gasteiger partial charge is 0.370 e. The molecule has 18 heavy (non-hydrogen) atoms. The molecule has 0 bridgehead atoms. The lowest BCUT2D eigenvalue weighted by atomic mass is 9.95. The lowest BCUT2D eigenvalue weighted by Crippen LogP contribution is -2.44. The number of hydrogen-bond donors (Lipinski definition) is 3. The first-order chi connectivity index (χ1) is 8.84. The Kier molecular flexibility index (Phi) is 3.52. The van der Waals surface area contributed by atoms with Crippen molar-refractivity contribution in [3.8, 4) is 0 Å². The molecule has 3 rings (SSSR count). The van der Waals surface area contributed by atoms with Crippen molar-refractivity contribution in [2.45, 2.75) is 19.4 Å². The topological polar surface area (TPSA) is 53.9 Å². The zero-order chi connectivity index (χ0) is 12.4. The Labute approximate surface area is 108 Å². The Morgan fingerprint density at radius 2 is 2.17 bits per heavy atom. The highest BCUT2D eigenvalue weighted by molar-refractivity contribution is 5.34. The van der Waals surface area contributed by atoms with Crippen LogP contribution in [0.2, 0.25) is 0 Å². The molecule has 2 saturated heterocycles. The van der Waals surface area contributed by atoms with E-state index >= 15 is 0 Å². The Bertz CT molecular complexity index is 384. The van der Waals surface area contributed by atoms with E-state index in [1.807, 2.05) is 6.20 Å². The molecule has 0 saturated carbocycles. The summed E-state index contributed by atoms with van der Waals surface area (Å²) in [7, 11) is 0. The third-order valence-electron chi connectivity index (χ3n) is 4.27. The molecule has 1 aromatic heterocycles. The zero-order valence-corrected chi connectivity index (χ0v) is 11.0. The molecule has 100 valence electrons. The number of hydrogen-bond acceptors (Lipinski definition) is 4. The minimum atomic E-state index is 0.537. The molecule has 0 spiro atoms. The van der Waals surface area contributed by atoms with Crippen LogP contribution in [0.1, 0.15) is 19.4 Å². The van der Waals surface area contributed by atoms with Crippen molar-refractivity contribution in [2.75, 3.05) is 38.0 Å². The lowest BCUT2D eigenvalue weighted by molar-refractivity contribution is 0.321. The van der Waals surface area contributed by atoms with Gasteiger partial charge in [0.05, 0.1) is 12.2 Å². The summed E-state index contributed by atoms with van der Waals surface area (Å²) >= 11 is 0. The second-order valence-electron chi connectivity index (χ2n) is 5.58. The van der Waals surface area contributed by atoms with E-state index < -0.39 is 0 Å². The highest BCUT2D eigenvalue weighted by Gasteiger charge is 2.23. The molecular weight excluding hydrogens is 226 g/mol. The fraction of sp³-hybridized carbons (Fsp3) is 0.769. The van der Waals surface area contributed by atoms with E-state index in [1.54, 1.807) is 0 Å². The smallest absolute Gasteiger partial charge is 0.124 e. The van der Waals surface area contributed by atoms with E-state index in [1.165, 1.54) is 25.3 Å². The van der Waals surface area contributed by atoms with Gasteiger partial charge in [-0.25, -0.2) is 4.68 Å². The van der Waals surface area contributed by atoms with Gasteiger partial charge >= 0.3 is 0 Å². The van der Waals surface area contributed by atoms with Gasteiger partial charge in [0.2, 0.25) is 0 Å². The monoisotopic (exact) mass is 249 g/mol. The third-order valence-corrected chi connectivity index (χ3v) is 4.27. The Hall–Kier alpha value is -1.07. The van der Waals surface area contributed by atoms with Gasteiger partial charge in [-0.3, -0.25) is 0 Å². The van der Waals surface area contributed by atoms with Crippen LogP contribution in [-0.4, -0.2) is 42.5 Å². The molecule has 2 fully saturated rings. The van der Waals surface area contributed by atoms with Crippen molar-refractivity contribution in [3.05, 3.63) is 12.3 Å². The van der Waals surface area contributed by atoms with Gasteiger partial charge in [0.15, 0.2) is 0 Å². The second-order valence-corrected chi connectivity index (χ2v) is 5.58. The molecule has 0 aromatic carbocycles. The molecule has 2 aliphatic heterocycles. The van der Waals surface area contributed by atoms with Gasteiger partial charge in [-0.2, -0.15) is 5.10 Å². The Balaban J connectivity index is 1.49. The molecule has 3 heterocycles. The first kappa shape index (κ1) is 12.0. The van der Waals surface area contributed by atoms with E-state index in [-0.39, 0.29) is 0 Å². The zero-order valence-electron chi connectivity index (χ0n) is 11.0. The van der Waals surface area contributed by atoms with Crippen LogP contribution in [0, 0.1) is 11.8 Å². The van der Waals surface area contributed by atoms with Crippen LogP contribution in [0.5, 0.6) is 0 Å². The van der Waals surface area contributed by atoms with E-state index in [0.717, 1.165) is 31.5 Å². The van der Waals surface area contributed by atoms with Gasteiger partial charge in [-0.1, -0.05) is 6.92 Å². The van der Waals surface area contributed by atoms with Crippen LogP contribution in [0.4, 0.5) is 5.82 Å². The molecule has 2 unspecified atom stereocenters. The van der Waals surface area contributed by atoms with Gasteiger partial charge in [0.25, 0.3) is 0 Å². The first-order valence-corrected chi connectivity index (χ1v) is 7.03. The molecule has 1 aromatic rings. The third kappa shape index (κ3) is 2.37. The number of rotatable bonds is 5. The molecule has 0 aliphatic carbocycles. The molecule has 0 amide bonds. The Morgan fingerprint density at radius 3 is 2.83 bits per heavy atom. The maximum atomic E-state index is 4.41. The number of anilines is 1. The lowest BCUT2D eigenvalue weighted by Gasteiger charge is -2.29. The van der Waals surface area contributed by atoms with Crippen molar-refractivity contribution in [1.29, 1.82) is 0 Å². The SMILES string of the molecule is CC1CNCC1CCNc1ccnn1C1CNC1. The quantitative estimate of drug-likeness (QED) is 0.718. The van der Waals surface area contributed by atoms with Gasteiger partial charge in [-0.05, 0) is 31.3 Å². The number of nitrogens with zero attached hydrogens (tertiary/aromatic N) is 2. The maximum absolute atomic E-state index is 4.41. The van der Waals surface area contributed by atoms with Crippen molar-refractivity contribution < 1.29 is 0 Å². The Morgan fingerprint density at radius 1 is 1.33 bits per heavy atom. The fourth-order valence-corrected chi connectivity index (χ4v) is 2.83. The van der Waals surface area contributed by atoms with Crippen molar-refractivity contribution >= 4 is 5.82 Å². The standard InChI is InChI=1S/C13H23N5/c1-10-6-14-7-11(10)2-4-16-13-3-5-17-18(13)12-8-15-9-12/h3,5,10-12,14-16H,2,4,6-9H2,1H3. The molecule has 5 heteroatoms. The highest BCUT2D eigenvalue weighted by atomic mass is 15.4. The van der Waals surface area contributed by atoms with E-state index in [9.17, 15) is 0 Å². The minimum Gasteiger partial charge on any atom is -0.370 e. The van der Waals surface area contributed by atoms with Gasteiger partial charge in [-0.15, -0.1) is 0 Å². The summed E-state index contributed by atoms with van der Waals surface area (Å²) in [5.41, 5.74) is 0. The highest BCUT2D eigenvalue weighted by Crippen LogP contribution is 2.21. The van der Waals surface area contributed by atoms with Crippen LogP contribution in [0.15, 0.2) is 12.3 Å². The maximum Gasteiger partial charge on any atom is 0.124 e. The summed E-state index contributed by atoms with van der Waals surface area (Å²) in [5, 5.41) is 14.7. The summed E-state index contributed by atoms with van der Waals surface area (Å²) in [6.07, 6.45) is 3.13. The average molecular weight is 249 g/mol. The van der Waals surface area contributed by atoms with Crippen LogP contribution in [-0.2, 0) is 0 Å². The van der Waals surface area contributed by atoms with Crippen LogP contribution in [0.25, 0.3) is 0 Å². The predicted molar refractivity (Wildman–Crippen MR) is 72.8 cm³/mol. The summed E-state index contributed by atoms with van der Waals surface area (Å²) in [6, 6.07) is 2.61. The second kappa shape index (κ2) is 5.28. The molecule has 2 aliphatic rings. The van der Waals surface area contributed by atoms with Crippen molar-refractivity contribution in [2.24, 2.45) is 11.8 Å². The number of nitrogens with one attached hydrogen (secondary N) is 3. The molecule has 2 atom stereocenters. The van der Waals surface area contributed by atoms with Crippen LogP contribution < -0.4 is 16.0 Å². The molecular formula is C13H23N5. The number of aromatic nitrogens is 2. The summed E-state index contributed by atoms with van der Waals surface area (Å²) in [5.74, 6) is 2.80. The van der Waals surface area contributed by atoms with E-state index in [4.69, 9.17) is 0 Å². The van der Waals surface area contributed by atoms with Crippen LogP contribution >= 0.6 is 0 Å². The van der Waals surface area contributed by atoms with Gasteiger partial charge in [0.1, 0.15) is 5.82 Å². The average Bonchev–Trinajstić information content (AvgIpc) is 2.88. The summed E-state index contributed by atoms with van der Waals surface area (Å²) in [6.45, 7) is 7.82. The molecule has 5 nitrogen and oxygen atoms in total. The molecule has 3 N–H and O–H groups in total. The minimum absolute atomic E-state index is 0.537. The van der Waals surface area contributed by atoms with Gasteiger partial charge < -0.3 is 16.0 Å². The first-order valence-electron chi connectivity index (χ1n) is 7.03. The normalized spacial score (nSPS) is 28.3. The summed E-state index contributed by atoms with van der Waals surface area (Å²) < 4.78 is 2.12. The van der Waals surface area contributed by atoms with Gasteiger partial charge in [0, 0.05) is 25.7 Å². The van der Waals surface area contributed by atoms with E-state index in [2.05, 4.69) is 38.7 Å². The fourth-order valence-electron chi connectivity index (χ4n) is 2.83. The summed E-state index contributed by atoms with van der Waals surface area (Å²) in [4.78, 5) is 0.